The molecule has 4 heteroatoms. The van der Waals surface area contributed by atoms with Gasteiger partial charge in [-0.15, -0.1) is 0 Å². The predicted octanol–water partition coefficient (Wildman–Crippen LogP) is 3.24. The first-order valence-corrected chi connectivity index (χ1v) is 7.76. The maximum absolute atomic E-state index is 12.8. The summed E-state index contributed by atoms with van der Waals surface area (Å²) >= 11 is 0. The molecule has 0 aromatic heterocycles. The van der Waals surface area contributed by atoms with Crippen LogP contribution in [0.2, 0.25) is 0 Å². The number of rotatable bonds is 2. The molecule has 2 rings (SSSR count). The Hall–Kier alpha value is -1.84. The fourth-order valence-corrected chi connectivity index (χ4v) is 3.25. The lowest BCUT2D eigenvalue weighted by atomic mass is 9.74. The molecule has 1 fully saturated rings. The number of amides is 1. The Kier molecular flexibility index (Phi) is 4.32. The first-order chi connectivity index (χ1) is 10.2. The van der Waals surface area contributed by atoms with Gasteiger partial charge in [0.1, 0.15) is 11.5 Å². The van der Waals surface area contributed by atoms with Crippen LogP contribution in [-0.2, 0) is 15.1 Å². The number of carbonyl (C=O) groups excluding carboxylic acids is 2. The van der Waals surface area contributed by atoms with Gasteiger partial charge in [0.15, 0.2) is 0 Å². The number of ketones is 1. The van der Waals surface area contributed by atoms with Crippen LogP contribution < -0.4 is 0 Å². The summed E-state index contributed by atoms with van der Waals surface area (Å²) in [5.41, 5.74) is -0.100. The van der Waals surface area contributed by atoms with Crippen molar-refractivity contribution >= 4 is 11.7 Å². The molecule has 1 saturated carbocycles. The number of phenols is 1. The molecular formula is C18H25NO3. The summed E-state index contributed by atoms with van der Waals surface area (Å²) in [6.45, 7) is 5.70. The number of hydrogen-bond donors (Lipinski definition) is 1. The van der Waals surface area contributed by atoms with E-state index < -0.39 is 11.0 Å². The summed E-state index contributed by atoms with van der Waals surface area (Å²) in [7, 11) is 1.81. The van der Waals surface area contributed by atoms with Crippen LogP contribution in [0.1, 0.15) is 52.0 Å². The number of phenolic OH excluding ortho intramolecular Hbond substituents is 1. The van der Waals surface area contributed by atoms with Crippen molar-refractivity contribution in [3.05, 3.63) is 29.8 Å². The zero-order valence-corrected chi connectivity index (χ0v) is 13.8. The summed E-state index contributed by atoms with van der Waals surface area (Å²) in [5.74, 6) is 0.475. The molecule has 1 aliphatic rings. The molecule has 0 atom stereocenters. The largest absolute Gasteiger partial charge is 0.508 e. The molecule has 4 nitrogen and oxygen atoms in total. The van der Waals surface area contributed by atoms with E-state index in [-0.39, 0.29) is 17.4 Å². The van der Waals surface area contributed by atoms with Crippen molar-refractivity contribution in [1.29, 1.82) is 0 Å². The van der Waals surface area contributed by atoms with E-state index in [2.05, 4.69) is 0 Å². The van der Waals surface area contributed by atoms with E-state index in [4.69, 9.17) is 0 Å². The molecule has 0 spiro atoms. The minimum Gasteiger partial charge on any atom is -0.508 e. The number of aromatic hydroxyl groups is 1. The highest BCUT2D eigenvalue weighted by Gasteiger charge is 2.44. The van der Waals surface area contributed by atoms with Crippen molar-refractivity contribution in [1.82, 2.24) is 4.90 Å². The minimum absolute atomic E-state index is 0.0465. The minimum atomic E-state index is -0.517. The Labute approximate surface area is 132 Å². The SMILES string of the molecule is CN(C(=O)C(C)(C)C)C1(c2cccc(O)c2)CCC(=O)CC1. The lowest BCUT2D eigenvalue weighted by Gasteiger charge is -2.46. The Balaban J connectivity index is 2.47. The second-order valence-electron chi connectivity index (χ2n) is 7.23. The van der Waals surface area contributed by atoms with E-state index in [1.807, 2.05) is 33.9 Å². The van der Waals surface area contributed by atoms with Crippen LogP contribution in [0, 0.1) is 5.41 Å². The van der Waals surface area contributed by atoms with E-state index in [0.717, 1.165) is 5.56 Å². The third-order valence-corrected chi connectivity index (χ3v) is 4.61. The summed E-state index contributed by atoms with van der Waals surface area (Å²) in [6.07, 6.45) is 2.15. The molecule has 0 bridgehead atoms. The quantitative estimate of drug-likeness (QED) is 0.912. The second kappa shape index (κ2) is 5.75. The van der Waals surface area contributed by atoms with Crippen molar-refractivity contribution in [2.24, 2.45) is 5.41 Å². The van der Waals surface area contributed by atoms with Gasteiger partial charge in [0.2, 0.25) is 5.91 Å². The first kappa shape index (κ1) is 16.5. The normalized spacial score (nSPS) is 18.1. The Morgan fingerprint density at radius 3 is 2.32 bits per heavy atom. The van der Waals surface area contributed by atoms with E-state index >= 15 is 0 Å². The lowest BCUT2D eigenvalue weighted by molar-refractivity contribution is -0.147. The van der Waals surface area contributed by atoms with Gasteiger partial charge in [-0.25, -0.2) is 0 Å². The Bertz CT molecular complexity index is 576. The maximum Gasteiger partial charge on any atom is 0.228 e. The molecule has 0 unspecified atom stereocenters. The monoisotopic (exact) mass is 303 g/mol. The summed E-state index contributed by atoms with van der Waals surface area (Å²) in [4.78, 5) is 26.3. The van der Waals surface area contributed by atoms with E-state index in [1.54, 1.807) is 23.1 Å². The van der Waals surface area contributed by atoms with Crippen LogP contribution in [-0.4, -0.2) is 28.7 Å². The van der Waals surface area contributed by atoms with Gasteiger partial charge in [-0.3, -0.25) is 9.59 Å². The molecule has 1 N–H and O–H groups in total. The van der Waals surface area contributed by atoms with Crippen LogP contribution in [0.5, 0.6) is 5.75 Å². The van der Waals surface area contributed by atoms with E-state index in [1.165, 1.54) is 0 Å². The molecule has 1 aliphatic carbocycles. The van der Waals surface area contributed by atoms with E-state index in [0.29, 0.717) is 25.7 Å². The Morgan fingerprint density at radius 1 is 1.23 bits per heavy atom. The highest BCUT2D eigenvalue weighted by Crippen LogP contribution is 2.43. The Morgan fingerprint density at radius 2 is 1.82 bits per heavy atom. The van der Waals surface area contributed by atoms with Crippen molar-refractivity contribution < 1.29 is 14.7 Å². The average molecular weight is 303 g/mol. The maximum atomic E-state index is 12.8. The number of carbonyl (C=O) groups is 2. The molecule has 1 aromatic carbocycles. The topological polar surface area (TPSA) is 57.6 Å². The standard InChI is InChI=1S/C18H25NO3/c1-17(2,3)16(22)19(4)18(10-8-14(20)9-11-18)13-6-5-7-15(21)12-13/h5-7,12,21H,8-11H2,1-4H3. The van der Waals surface area contributed by atoms with Gasteiger partial charge in [0.25, 0.3) is 0 Å². The van der Waals surface area contributed by atoms with Crippen molar-refractivity contribution in [3.8, 4) is 5.75 Å². The molecule has 1 amide bonds. The van der Waals surface area contributed by atoms with Gasteiger partial charge < -0.3 is 10.0 Å². The van der Waals surface area contributed by atoms with Crippen molar-refractivity contribution in [2.75, 3.05) is 7.05 Å². The fraction of sp³-hybridized carbons (Fsp3) is 0.556. The molecule has 22 heavy (non-hydrogen) atoms. The summed E-state index contributed by atoms with van der Waals surface area (Å²) in [6, 6.07) is 7.05. The third kappa shape index (κ3) is 3.01. The lowest BCUT2D eigenvalue weighted by Crippen LogP contribution is -2.52. The smallest absolute Gasteiger partial charge is 0.228 e. The molecule has 120 valence electrons. The zero-order chi connectivity index (χ0) is 16.5. The van der Waals surface area contributed by atoms with E-state index in [9.17, 15) is 14.7 Å². The second-order valence-corrected chi connectivity index (χ2v) is 7.23. The van der Waals surface area contributed by atoms with Crippen LogP contribution >= 0.6 is 0 Å². The van der Waals surface area contributed by atoms with Crippen molar-refractivity contribution in [2.45, 2.75) is 52.0 Å². The van der Waals surface area contributed by atoms with Gasteiger partial charge in [0.05, 0.1) is 5.54 Å². The van der Waals surface area contributed by atoms with Crippen LogP contribution in [0.15, 0.2) is 24.3 Å². The van der Waals surface area contributed by atoms with Crippen LogP contribution in [0.3, 0.4) is 0 Å². The number of hydrogen-bond acceptors (Lipinski definition) is 3. The molecule has 1 aromatic rings. The van der Waals surface area contributed by atoms with Crippen LogP contribution in [0.25, 0.3) is 0 Å². The predicted molar refractivity (Wildman–Crippen MR) is 85.5 cm³/mol. The highest BCUT2D eigenvalue weighted by atomic mass is 16.3. The zero-order valence-electron chi connectivity index (χ0n) is 13.8. The number of nitrogens with zero attached hydrogens (tertiary/aromatic N) is 1. The van der Waals surface area contributed by atoms with Gasteiger partial charge >= 0.3 is 0 Å². The van der Waals surface area contributed by atoms with Gasteiger partial charge in [-0.2, -0.15) is 0 Å². The molecule has 0 heterocycles. The number of Topliss-reactive ketones (excluding diaryl/α,β-unsaturated/α-hetero) is 1. The van der Waals surface area contributed by atoms with Gasteiger partial charge in [0, 0.05) is 25.3 Å². The molecule has 0 radical (unpaired) electrons. The van der Waals surface area contributed by atoms with Crippen LogP contribution in [0.4, 0.5) is 0 Å². The fourth-order valence-electron chi connectivity index (χ4n) is 3.25. The molecule has 0 saturated heterocycles. The average Bonchev–Trinajstić information content (AvgIpc) is 2.46. The van der Waals surface area contributed by atoms with Crippen molar-refractivity contribution in [3.63, 3.8) is 0 Å². The molecule has 0 aliphatic heterocycles. The van der Waals surface area contributed by atoms with Gasteiger partial charge in [-0.1, -0.05) is 32.9 Å². The number of benzene rings is 1. The van der Waals surface area contributed by atoms with Gasteiger partial charge in [-0.05, 0) is 30.5 Å². The summed E-state index contributed by atoms with van der Waals surface area (Å²) < 4.78 is 0. The molecular weight excluding hydrogens is 278 g/mol. The first-order valence-electron chi connectivity index (χ1n) is 7.76. The summed E-state index contributed by atoms with van der Waals surface area (Å²) in [5, 5.41) is 9.82. The third-order valence-electron chi connectivity index (χ3n) is 4.61. The highest BCUT2D eigenvalue weighted by molar-refractivity contribution is 5.84.